The molecule has 0 N–H and O–H groups in total. The number of rotatable bonds is 5. The molecule has 1 aliphatic rings. The van der Waals surface area contributed by atoms with Crippen LogP contribution in [-0.2, 0) is 11.3 Å². The molecule has 27 heavy (non-hydrogen) atoms. The van der Waals surface area contributed by atoms with E-state index in [1.54, 1.807) is 36.2 Å². The summed E-state index contributed by atoms with van der Waals surface area (Å²) >= 11 is 0.924. The SMILES string of the molecule is CCN(C)C(=O)c1cccc(C=C2SC(=O)N(Cc3ccccc3)C2=O)c1. The lowest BCUT2D eigenvalue weighted by atomic mass is 10.1. The van der Waals surface area contributed by atoms with E-state index in [0.717, 1.165) is 22.9 Å². The molecule has 0 atom stereocenters. The summed E-state index contributed by atoms with van der Waals surface area (Å²) in [7, 11) is 1.74. The van der Waals surface area contributed by atoms with Crippen LogP contribution in [0.25, 0.3) is 6.08 Å². The first-order valence-electron chi connectivity index (χ1n) is 8.64. The van der Waals surface area contributed by atoms with Gasteiger partial charge in [0, 0.05) is 19.2 Å². The van der Waals surface area contributed by atoms with Crippen LogP contribution >= 0.6 is 11.8 Å². The summed E-state index contributed by atoms with van der Waals surface area (Å²) in [5.74, 6) is -0.388. The minimum absolute atomic E-state index is 0.0788. The van der Waals surface area contributed by atoms with Gasteiger partial charge in [0.25, 0.3) is 17.1 Å². The topological polar surface area (TPSA) is 57.7 Å². The van der Waals surface area contributed by atoms with Gasteiger partial charge in [-0.3, -0.25) is 19.3 Å². The lowest BCUT2D eigenvalue weighted by molar-refractivity contribution is -0.123. The Kier molecular flexibility index (Phi) is 5.76. The molecular formula is C21H20N2O3S. The van der Waals surface area contributed by atoms with Gasteiger partial charge in [-0.2, -0.15) is 0 Å². The Balaban J connectivity index is 1.81. The molecule has 0 aromatic heterocycles. The zero-order chi connectivity index (χ0) is 19.4. The fourth-order valence-corrected chi connectivity index (χ4v) is 3.52. The highest BCUT2D eigenvalue weighted by molar-refractivity contribution is 8.18. The van der Waals surface area contributed by atoms with E-state index in [9.17, 15) is 14.4 Å². The summed E-state index contributed by atoms with van der Waals surface area (Å²) in [4.78, 5) is 40.4. The summed E-state index contributed by atoms with van der Waals surface area (Å²) in [6.07, 6.45) is 1.67. The molecule has 3 rings (SSSR count). The van der Waals surface area contributed by atoms with Crippen molar-refractivity contribution in [2.24, 2.45) is 0 Å². The van der Waals surface area contributed by atoms with Gasteiger partial charge < -0.3 is 4.90 Å². The molecule has 1 heterocycles. The standard InChI is InChI=1S/C21H20N2O3S/c1-3-22(2)19(24)17-11-7-10-16(12-17)13-18-20(25)23(21(26)27-18)14-15-8-5-4-6-9-15/h4-13H,3,14H2,1-2H3. The van der Waals surface area contributed by atoms with Crippen molar-refractivity contribution >= 4 is 34.9 Å². The van der Waals surface area contributed by atoms with Crippen LogP contribution in [0.15, 0.2) is 59.5 Å². The monoisotopic (exact) mass is 380 g/mol. The van der Waals surface area contributed by atoms with Crippen LogP contribution in [0, 0.1) is 0 Å². The molecule has 0 spiro atoms. The molecule has 138 valence electrons. The fourth-order valence-electron chi connectivity index (χ4n) is 2.68. The number of nitrogens with zero attached hydrogens (tertiary/aromatic N) is 2. The number of carbonyl (C=O) groups is 3. The Morgan fingerprint density at radius 2 is 1.85 bits per heavy atom. The highest BCUT2D eigenvalue weighted by Gasteiger charge is 2.34. The van der Waals surface area contributed by atoms with Crippen LogP contribution in [0.3, 0.4) is 0 Å². The van der Waals surface area contributed by atoms with Gasteiger partial charge >= 0.3 is 0 Å². The van der Waals surface area contributed by atoms with Gasteiger partial charge in [0.15, 0.2) is 0 Å². The maximum absolute atomic E-state index is 12.6. The van der Waals surface area contributed by atoms with E-state index in [1.807, 2.05) is 43.3 Å². The van der Waals surface area contributed by atoms with Crippen molar-refractivity contribution in [1.29, 1.82) is 0 Å². The third-order valence-electron chi connectivity index (χ3n) is 4.31. The van der Waals surface area contributed by atoms with Crippen molar-refractivity contribution in [3.63, 3.8) is 0 Å². The smallest absolute Gasteiger partial charge is 0.293 e. The Hall–Kier alpha value is -2.86. The van der Waals surface area contributed by atoms with Crippen LogP contribution in [0.2, 0.25) is 0 Å². The van der Waals surface area contributed by atoms with Gasteiger partial charge in [0.1, 0.15) is 0 Å². The molecule has 0 aliphatic carbocycles. The summed E-state index contributed by atoms with van der Waals surface area (Å²) in [6, 6.07) is 16.5. The minimum Gasteiger partial charge on any atom is -0.342 e. The number of amides is 3. The highest BCUT2D eigenvalue weighted by atomic mass is 32.2. The second-order valence-electron chi connectivity index (χ2n) is 6.20. The van der Waals surface area contributed by atoms with Crippen LogP contribution in [0.5, 0.6) is 0 Å². The molecule has 0 bridgehead atoms. The zero-order valence-corrected chi connectivity index (χ0v) is 16.0. The predicted molar refractivity (Wildman–Crippen MR) is 107 cm³/mol. The third-order valence-corrected chi connectivity index (χ3v) is 5.22. The third kappa shape index (κ3) is 4.28. The molecule has 0 radical (unpaired) electrons. The van der Waals surface area contributed by atoms with E-state index in [1.165, 1.54) is 4.90 Å². The van der Waals surface area contributed by atoms with Gasteiger partial charge in [0.2, 0.25) is 0 Å². The number of thioether (sulfide) groups is 1. The normalized spacial score (nSPS) is 15.5. The Labute approximate surface area is 162 Å². The van der Waals surface area contributed by atoms with Crippen LogP contribution in [0.4, 0.5) is 4.79 Å². The molecule has 1 fully saturated rings. The van der Waals surface area contributed by atoms with Crippen molar-refractivity contribution < 1.29 is 14.4 Å². The lowest BCUT2D eigenvalue weighted by Crippen LogP contribution is -2.27. The van der Waals surface area contributed by atoms with Gasteiger partial charge in [-0.25, -0.2) is 0 Å². The minimum atomic E-state index is -0.309. The second-order valence-corrected chi connectivity index (χ2v) is 7.19. The first-order chi connectivity index (χ1) is 13.0. The number of hydrogen-bond acceptors (Lipinski definition) is 4. The van der Waals surface area contributed by atoms with E-state index in [0.29, 0.717) is 17.0 Å². The molecule has 1 saturated heterocycles. The molecule has 3 amide bonds. The van der Waals surface area contributed by atoms with Gasteiger partial charge in [0.05, 0.1) is 11.4 Å². The quantitative estimate of drug-likeness (QED) is 0.736. The molecule has 0 unspecified atom stereocenters. The predicted octanol–water partition coefficient (Wildman–Crippen LogP) is 4.02. The summed E-state index contributed by atoms with van der Waals surface area (Å²) in [5.41, 5.74) is 2.17. The van der Waals surface area contributed by atoms with Crippen LogP contribution in [0.1, 0.15) is 28.4 Å². The van der Waals surface area contributed by atoms with E-state index in [-0.39, 0.29) is 23.6 Å². The Morgan fingerprint density at radius 3 is 2.56 bits per heavy atom. The van der Waals surface area contributed by atoms with E-state index >= 15 is 0 Å². The maximum atomic E-state index is 12.6. The van der Waals surface area contributed by atoms with Crippen LogP contribution in [-0.4, -0.2) is 40.4 Å². The van der Waals surface area contributed by atoms with E-state index < -0.39 is 0 Å². The van der Waals surface area contributed by atoms with E-state index in [4.69, 9.17) is 0 Å². The van der Waals surface area contributed by atoms with Gasteiger partial charge in [-0.15, -0.1) is 0 Å². The van der Waals surface area contributed by atoms with Gasteiger partial charge in [-0.05, 0) is 48.0 Å². The van der Waals surface area contributed by atoms with Crippen molar-refractivity contribution in [1.82, 2.24) is 9.80 Å². The van der Waals surface area contributed by atoms with Crippen molar-refractivity contribution in [2.45, 2.75) is 13.5 Å². The number of hydrogen-bond donors (Lipinski definition) is 0. The average molecular weight is 380 g/mol. The summed E-state index contributed by atoms with van der Waals surface area (Å²) in [5, 5.41) is -0.284. The average Bonchev–Trinajstić information content (AvgIpc) is 2.95. The van der Waals surface area contributed by atoms with Crippen molar-refractivity contribution in [3.8, 4) is 0 Å². The molecule has 5 nitrogen and oxygen atoms in total. The largest absolute Gasteiger partial charge is 0.342 e. The molecule has 1 aliphatic heterocycles. The first-order valence-corrected chi connectivity index (χ1v) is 9.46. The van der Waals surface area contributed by atoms with E-state index in [2.05, 4.69) is 0 Å². The van der Waals surface area contributed by atoms with Crippen LogP contribution < -0.4 is 0 Å². The molecule has 2 aromatic carbocycles. The lowest BCUT2D eigenvalue weighted by Gasteiger charge is -2.14. The zero-order valence-electron chi connectivity index (χ0n) is 15.2. The highest BCUT2D eigenvalue weighted by Crippen LogP contribution is 2.33. The summed E-state index contributed by atoms with van der Waals surface area (Å²) < 4.78 is 0. The van der Waals surface area contributed by atoms with Crippen molar-refractivity contribution in [3.05, 3.63) is 76.2 Å². The Bertz CT molecular complexity index is 909. The van der Waals surface area contributed by atoms with Gasteiger partial charge in [-0.1, -0.05) is 42.5 Å². The Morgan fingerprint density at radius 1 is 1.11 bits per heavy atom. The number of benzene rings is 2. The first kappa shape index (κ1) is 18.9. The fraction of sp³-hybridized carbons (Fsp3) is 0.190. The molecular weight excluding hydrogens is 360 g/mol. The molecule has 6 heteroatoms. The molecule has 2 aromatic rings. The maximum Gasteiger partial charge on any atom is 0.293 e. The summed E-state index contributed by atoms with van der Waals surface area (Å²) in [6.45, 7) is 2.77. The van der Waals surface area contributed by atoms with Crippen molar-refractivity contribution in [2.75, 3.05) is 13.6 Å². The second kappa shape index (κ2) is 8.22. The molecule has 0 saturated carbocycles. The number of carbonyl (C=O) groups excluding carboxylic acids is 3. The number of imide groups is 1.